The van der Waals surface area contributed by atoms with E-state index in [1.165, 1.54) is 94.6 Å². The van der Waals surface area contributed by atoms with Crippen molar-refractivity contribution < 1.29 is 5.11 Å². The van der Waals surface area contributed by atoms with Crippen LogP contribution >= 0.6 is 0 Å². The standard InChI is InChI=1S/C21H40.C14H24O.C4H10.C2H6/c1-6-9-12-13-16-21(15-11-8-3)20(5)18-17-19(4)14-10-7-2;1-5-7-9-12(3)10-11-14(15)13(4)8-6-2;1-3-4-2;1-2/h14,17-18,20-21H,6-13,15-16H2,1-5H3;6,8-11,13-15H,5,7H2,1-4H3;3-4H2,1-2H3;1-2H3/b18-17+,19-14+;8-6+,11-10+,12-9+;;. The van der Waals surface area contributed by atoms with Gasteiger partial charge >= 0.3 is 0 Å². The Morgan fingerprint density at radius 2 is 1.05 bits per heavy atom. The summed E-state index contributed by atoms with van der Waals surface area (Å²) in [6.45, 7) is 28.1. The molecule has 0 spiro atoms. The summed E-state index contributed by atoms with van der Waals surface area (Å²) >= 11 is 0. The number of unbranched alkanes of at least 4 members (excludes halogenated alkanes) is 7. The second kappa shape index (κ2) is 39.7. The van der Waals surface area contributed by atoms with Gasteiger partial charge in [0.15, 0.2) is 0 Å². The Bertz CT molecular complexity index is 646. The van der Waals surface area contributed by atoms with E-state index in [1.807, 2.05) is 52.0 Å². The van der Waals surface area contributed by atoms with Gasteiger partial charge in [0.05, 0.1) is 6.10 Å². The number of rotatable bonds is 20. The maximum atomic E-state index is 9.76. The van der Waals surface area contributed by atoms with Gasteiger partial charge in [-0.3, -0.25) is 0 Å². The van der Waals surface area contributed by atoms with Crippen molar-refractivity contribution in [3.8, 4) is 0 Å². The van der Waals surface area contributed by atoms with Crippen LogP contribution in [0.15, 0.2) is 59.8 Å². The number of hydrogen-bond donors (Lipinski definition) is 1. The monoisotopic (exact) mass is 589 g/mol. The molecule has 1 heteroatoms. The molecule has 0 rings (SSSR count). The zero-order chi connectivity index (χ0) is 33.0. The van der Waals surface area contributed by atoms with E-state index in [-0.39, 0.29) is 12.0 Å². The minimum atomic E-state index is -0.383. The van der Waals surface area contributed by atoms with Crippen molar-refractivity contribution in [2.24, 2.45) is 17.8 Å². The topological polar surface area (TPSA) is 20.2 Å². The van der Waals surface area contributed by atoms with Crippen LogP contribution in [0.4, 0.5) is 0 Å². The quantitative estimate of drug-likeness (QED) is 0.0852. The molecule has 250 valence electrons. The van der Waals surface area contributed by atoms with Crippen LogP contribution in [0.25, 0.3) is 0 Å². The van der Waals surface area contributed by atoms with Gasteiger partial charge in [0.25, 0.3) is 0 Å². The second-order valence-electron chi connectivity index (χ2n) is 11.7. The Balaban J connectivity index is -0.000000299. The van der Waals surface area contributed by atoms with Gasteiger partial charge in [-0.2, -0.15) is 0 Å². The van der Waals surface area contributed by atoms with Gasteiger partial charge < -0.3 is 5.11 Å². The van der Waals surface area contributed by atoms with Crippen molar-refractivity contribution in [3.05, 3.63) is 59.8 Å². The summed E-state index contributed by atoms with van der Waals surface area (Å²) in [5, 5.41) is 9.76. The van der Waals surface area contributed by atoms with Crippen LogP contribution < -0.4 is 0 Å². The van der Waals surface area contributed by atoms with Gasteiger partial charge in [-0.1, -0.05) is 193 Å². The van der Waals surface area contributed by atoms with Crippen molar-refractivity contribution in [2.45, 2.75) is 186 Å². The largest absolute Gasteiger partial charge is 0.388 e. The third-order valence-corrected chi connectivity index (χ3v) is 7.36. The first-order valence-corrected chi connectivity index (χ1v) is 18.2. The number of allylic oxidation sites excluding steroid dienone is 8. The Labute approximate surface area is 268 Å². The van der Waals surface area contributed by atoms with E-state index in [2.05, 4.69) is 86.6 Å². The third kappa shape index (κ3) is 36.7. The Morgan fingerprint density at radius 3 is 1.48 bits per heavy atom. The van der Waals surface area contributed by atoms with Crippen molar-refractivity contribution in [3.63, 3.8) is 0 Å². The van der Waals surface area contributed by atoms with Gasteiger partial charge in [-0.25, -0.2) is 0 Å². The molecule has 0 aliphatic rings. The molecule has 0 aromatic rings. The smallest absolute Gasteiger partial charge is 0.0783 e. The lowest BCUT2D eigenvalue weighted by Gasteiger charge is -2.21. The van der Waals surface area contributed by atoms with Gasteiger partial charge in [0, 0.05) is 5.92 Å². The summed E-state index contributed by atoms with van der Waals surface area (Å²) < 4.78 is 0. The van der Waals surface area contributed by atoms with Crippen LogP contribution in [0.5, 0.6) is 0 Å². The van der Waals surface area contributed by atoms with Crippen molar-refractivity contribution in [2.75, 3.05) is 0 Å². The molecule has 0 aliphatic heterocycles. The fraction of sp³-hybridized carbons (Fsp3) is 0.756. The fourth-order valence-corrected chi connectivity index (χ4v) is 4.15. The van der Waals surface area contributed by atoms with E-state index in [0.29, 0.717) is 0 Å². The predicted molar refractivity (Wildman–Crippen MR) is 198 cm³/mol. The highest BCUT2D eigenvalue weighted by atomic mass is 16.3. The van der Waals surface area contributed by atoms with E-state index in [0.717, 1.165) is 18.3 Å². The first kappa shape index (κ1) is 47.6. The molecule has 0 aromatic heterocycles. The maximum Gasteiger partial charge on any atom is 0.0783 e. The van der Waals surface area contributed by atoms with Crippen molar-refractivity contribution in [1.29, 1.82) is 0 Å². The van der Waals surface area contributed by atoms with Gasteiger partial charge in [0.1, 0.15) is 0 Å². The average Bonchev–Trinajstić information content (AvgIpc) is 3.01. The van der Waals surface area contributed by atoms with E-state index in [9.17, 15) is 5.11 Å². The summed E-state index contributed by atoms with van der Waals surface area (Å²) in [6.07, 6.45) is 35.4. The zero-order valence-corrected chi connectivity index (χ0v) is 31.3. The molecule has 0 aliphatic carbocycles. The van der Waals surface area contributed by atoms with Gasteiger partial charge in [-0.05, 0) is 58.3 Å². The van der Waals surface area contributed by atoms with Crippen LogP contribution in [-0.4, -0.2) is 11.2 Å². The van der Waals surface area contributed by atoms with Crippen molar-refractivity contribution in [1.82, 2.24) is 0 Å². The van der Waals surface area contributed by atoms with Crippen LogP contribution in [-0.2, 0) is 0 Å². The number of hydrogen-bond acceptors (Lipinski definition) is 1. The highest BCUT2D eigenvalue weighted by Crippen LogP contribution is 2.26. The molecule has 0 radical (unpaired) electrons. The summed E-state index contributed by atoms with van der Waals surface area (Å²) in [7, 11) is 0. The van der Waals surface area contributed by atoms with E-state index < -0.39 is 0 Å². The minimum Gasteiger partial charge on any atom is -0.388 e. The van der Waals surface area contributed by atoms with Crippen LogP contribution in [0, 0.1) is 17.8 Å². The lowest BCUT2D eigenvalue weighted by Crippen LogP contribution is -2.11. The third-order valence-electron chi connectivity index (χ3n) is 7.36. The maximum absolute atomic E-state index is 9.76. The van der Waals surface area contributed by atoms with Gasteiger partial charge in [-0.15, -0.1) is 0 Å². The Morgan fingerprint density at radius 1 is 0.571 bits per heavy atom. The molecular weight excluding hydrogens is 508 g/mol. The van der Waals surface area contributed by atoms with E-state index in [1.54, 1.807) is 0 Å². The molecule has 0 saturated carbocycles. The predicted octanol–water partition coefficient (Wildman–Crippen LogP) is 14.4. The van der Waals surface area contributed by atoms with E-state index >= 15 is 0 Å². The Hall–Kier alpha value is -1.34. The molecule has 0 amide bonds. The summed E-state index contributed by atoms with van der Waals surface area (Å²) in [5.41, 5.74) is 2.66. The summed E-state index contributed by atoms with van der Waals surface area (Å²) in [5.74, 6) is 1.80. The molecule has 1 nitrogen and oxygen atoms in total. The molecule has 0 aromatic carbocycles. The zero-order valence-electron chi connectivity index (χ0n) is 31.3. The van der Waals surface area contributed by atoms with Crippen molar-refractivity contribution >= 4 is 0 Å². The Kier molecular flexibility index (Phi) is 44.9. The van der Waals surface area contributed by atoms with Crippen LogP contribution in [0.1, 0.15) is 180 Å². The average molecular weight is 589 g/mol. The normalized spacial score (nSPS) is 14.9. The molecule has 0 fully saturated rings. The second-order valence-corrected chi connectivity index (χ2v) is 11.7. The highest BCUT2D eigenvalue weighted by Gasteiger charge is 2.14. The van der Waals surface area contributed by atoms with E-state index in [4.69, 9.17) is 0 Å². The van der Waals surface area contributed by atoms with Gasteiger partial charge in [0.2, 0.25) is 0 Å². The molecule has 42 heavy (non-hydrogen) atoms. The SMILES string of the molecule is C/C=C/C(C)C(O)/C=C/C(C)=C/CCC.CC.CCC/C=C(C)/C=C/C(C)C(CCCC)CCCCCC.CCCC. The van der Waals surface area contributed by atoms with Crippen LogP contribution in [0.2, 0.25) is 0 Å². The summed E-state index contributed by atoms with van der Waals surface area (Å²) in [4.78, 5) is 0. The highest BCUT2D eigenvalue weighted by molar-refractivity contribution is 5.18. The molecule has 0 heterocycles. The minimum absolute atomic E-state index is 0.185. The molecular formula is C41H80O. The first-order chi connectivity index (χ1) is 20.2. The lowest BCUT2D eigenvalue weighted by molar-refractivity contribution is 0.185. The van der Waals surface area contributed by atoms with Crippen LogP contribution in [0.3, 0.4) is 0 Å². The molecule has 0 saturated heterocycles. The molecule has 0 bridgehead atoms. The summed E-state index contributed by atoms with van der Waals surface area (Å²) in [6, 6.07) is 0. The number of aliphatic hydroxyl groups is 1. The molecule has 1 N–H and O–H groups in total. The molecule has 4 atom stereocenters. The first-order valence-electron chi connectivity index (χ1n) is 18.2. The fourth-order valence-electron chi connectivity index (χ4n) is 4.15. The number of aliphatic hydroxyl groups excluding tert-OH is 1. The lowest BCUT2D eigenvalue weighted by atomic mass is 9.84. The molecule has 4 unspecified atom stereocenters.